The number of hydrogen-bond acceptors (Lipinski definition) is 10. The molecule has 10 nitrogen and oxygen atoms in total. The van der Waals surface area contributed by atoms with Crippen LogP contribution in [0.2, 0.25) is 0 Å². The third kappa shape index (κ3) is 1900. The second-order valence-corrected chi connectivity index (χ2v) is 2.71. The first-order chi connectivity index (χ1) is 5.41. The molecule has 0 saturated carbocycles. The van der Waals surface area contributed by atoms with Gasteiger partial charge in [-0.2, -0.15) is 0 Å². The molecule has 0 atom stereocenters. The summed E-state index contributed by atoms with van der Waals surface area (Å²) in [5.74, 6) is 0. The van der Waals surface area contributed by atoms with E-state index in [1.165, 1.54) is 0 Å². The molecule has 0 fully saturated rings. The van der Waals surface area contributed by atoms with Crippen LogP contribution in [0, 0.1) is 0 Å². The fourth-order valence-electron chi connectivity index (χ4n) is 0. The van der Waals surface area contributed by atoms with Crippen molar-refractivity contribution in [2.24, 2.45) is 0 Å². The van der Waals surface area contributed by atoms with E-state index < -0.39 is 20.8 Å². The third-order valence-corrected chi connectivity index (χ3v) is 0. The zero-order chi connectivity index (χ0) is 11.7. The maximum absolute atomic E-state index is 8.52. The summed E-state index contributed by atoms with van der Waals surface area (Å²) in [5, 5.41) is 0. The van der Waals surface area contributed by atoms with E-state index in [0.29, 0.717) is 0 Å². The van der Waals surface area contributed by atoms with E-state index in [4.69, 9.17) is 43.5 Å². The van der Waals surface area contributed by atoms with Gasteiger partial charge in [-0.15, -0.1) is 0 Å². The van der Waals surface area contributed by atoms with E-state index in [1.54, 1.807) is 0 Å². The van der Waals surface area contributed by atoms with Gasteiger partial charge in [0.2, 0.25) is 0 Å². The van der Waals surface area contributed by atoms with E-state index in [-0.39, 0.29) is 48.9 Å². The Kier molecular flexibility index (Phi) is 30.2. The number of hydrogen-bond donors (Lipinski definition) is 2. The zero-order valence-electron chi connectivity index (χ0n) is 6.00. The van der Waals surface area contributed by atoms with Crippen LogP contribution in [0.1, 0.15) is 0 Å². The van der Waals surface area contributed by atoms with Crippen molar-refractivity contribution in [1.29, 1.82) is 0 Å². The molecule has 0 aliphatic heterocycles. The van der Waals surface area contributed by atoms with Gasteiger partial charge in [0, 0.05) is 20.8 Å². The first-order valence-electron chi connectivity index (χ1n) is 1.62. The Balaban J connectivity index is -0.0000000322. The first-order valence-corrected chi connectivity index (χ1v) is 5.17. The summed E-state index contributed by atoms with van der Waals surface area (Å²) in [4.78, 5) is 0. The van der Waals surface area contributed by atoms with E-state index in [2.05, 4.69) is 0 Å². The normalized spacial score (nSPS) is 9.20. The monoisotopic (exact) mass is 398 g/mol. The Morgan fingerprint density at radius 2 is 0.800 bits per heavy atom. The maximum atomic E-state index is 8.52. The van der Waals surface area contributed by atoms with E-state index in [0.717, 1.165) is 0 Å². The van der Waals surface area contributed by atoms with Crippen molar-refractivity contribution < 1.29 is 92.5 Å². The van der Waals surface area contributed by atoms with Crippen molar-refractivity contribution in [2.75, 3.05) is 0 Å². The molecule has 0 amide bonds. The summed E-state index contributed by atoms with van der Waals surface area (Å²) in [5.41, 5.74) is 0. The van der Waals surface area contributed by atoms with Crippen LogP contribution in [-0.2, 0) is 69.7 Å². The van der Waals surface area contributed by atoms with Gasteiger partial charge >= 0.3 is 57.4 Å². The van der Waals surface area contributed by atoms with Crippen molar-refractivity contribution >= 4 is 20.8 Å². The van der Waals surface area contributed by atoms with Crippen LogP contribution in [0.5, 0.6) is 0 Å². The molecule has 0 aromatic heterocycles. The molecule has 2 N–H and O–H groups in total. The Morgan fingerprint density at radius 1 is 0.800 bits per heavy atom. The van der Waals surface area contributed by atoms with Gasteiger partial charge in [-0.05, 0) is 0 Å². The van der Waals surface area contributed by atoms with Crippen LogP contribution in [0.3, 0.4) is 0 Å². The molecule has 0 aromatic rings. The Bertz CT molecular complexity index is 233. The second-order valence-electron chi connectivity index (χ2n) is 0.880. The molecule has 0 aromatic carbocycles. The first kappa shape index (κ1) is 29.8. The molecular weight excluding hydrogens is 397 g/mol. The fourth-order valence-corrected chi connectivity index (χ4v) is 0. The van der Waals surface area contributed by atoms with Crippen molar-refractivity contribution in [3.63, 3.8) is 0 Å². The molecule has 0 saturated heterocycles. The van der Waals surface area contributed by atoms with Crippen molar-refractivity contribution in [2.45, 2.75) is 0 Å². The molecule has 0 aliphatic carbocycles. The molecule has 15 heteroatoms. The standard InChI is InChI=1S/Co.Mn.Ni.2H2O4S.2H2O/c;;;2*1-5(2,3)4;;/h;;;2*(H2,1,2,3,4);2*1H2/q3*+2;;;;/p-6. The molecule has 0 spiro atoms. The van der Waals surface area contributed by atoms with Gasteiger partial charge in [-0.3, -0.25) is 16.8 Å². The topological polar surface area (TPSA) is 201 Å². The summed E-state index contributed by atoms with van der Waals surface area (Å²) in [6.07, 6.45) is 0. The number of rotatable bonds is 0. The quantitative estimate of drug-likeness (QED) is 0.231. The summed E-state index contributed by atoms with van der Waals surface area (Å²) >= 11 is -0.375. The van der Waals surface area contributed by atoms with Crippen LogP contribution in [0.4, 0.5) is 0 Å². The van der Waals surface area contributed by atoms with Gasteiger partial charge in [0.05, 0.1) is 0 Å². The van der Waals surface area contributed by atoms with Gasteiger partial charge in [-0.25, -0.2) is 0 Å². The Morgan fingerprint density at radius 3 is 0.800 bits per heavy atom. The molecule has 0 unspecified atom stereocenters. The van der Waals surface area contributed by atoms with Gasteiger partial charge in [0.25, 0.3) is 0 Å². The zero-order valence-corrected chi connectivity index (χ0v) is 10.8. The SMILES string of the molecule is O=S(=O)([O-])[O-].O=S(=O)([O-])[O-].[Co+2].[Mn+2].[OH][Ni][OH]. The molecule has 0 bridgehead atoms. The third-order valence-electron chi connectivity index (χ3n) is 0. The van der Waals surface area contributed by atoms with Crippen molar-refractivity contribution in [3.8, 4) is 0 Å². The molecule has 0 aliphatic rings. The van der Waals surface area contributed by atoms with Crippen LogP contribution >= 0.6 is 0 Å². The predicted molar refractivity (Wildman–Crippen MR) is 25.4 cm³/mol. The van der Waals surface area contributed by atoms with Crippen LogP contribution in [0.25, 0.3) is 0 Å². The van der Waals surface area contributed by atoms with Gasteiger partial charge in [-0.1, -0.05) is 0 Å². The summed E-state index contributed by atoms with van der Waals surface area (Å²) in [7, 11) is -10.3. The van der Waals surface area contributed by atoms with E-state index in [1.807, 2.05) is 0 Å². The molecule has 15 heavy (non-hydrogen) atoms. The van der Waals surface area contributed by atoms with Crippen LogP contribution in [-0.4, -0.2) is 43.5 Å². The van der Waals surface area contributed by atoms with Gasteiger partial charge in [0.1, 0.15) is 0 Å². The Hall–Kier alpha value is 1.18. The minimum absolute atomic E-state index is 0. The molecule has 0 rings (SSSR count). The van der Waals surface area contributed by atoms with E-state index in [9.17, 15) is 0 Å². The van der Waals surface area contributed by atoms with Crippen LogP contribution < -0.4 is 0 Å². The summed E-state index contributed by atoms with van der Waals surface area (Å²) in [6.45, 7) is 0. The molecular formula is H2CoMnNiO10S2. The second kappa shape index (κ2) is 15.2. The molecule has 2 radical (unpaired) electrons. The predicted octanol–water partition coefficient (Wildman–Crippen LogP) is -3.80. The Labute approximate surface area is 113 Å². The van der Waals surface area contributed by atoms with Crippen molar-refractivity contribution in [3.05, 3.63) is 0 Å². The molecule has 0 heterocycles. The fraction of sp³-hybridized carbons (Fsp3) is 0. The molecule has 100 valence electrons. The average Bonchev–Trinajstić information content (AvgIpc) is 1.52. The van der Waals surface area contributed by atoms with Gasteiger partial charge < -0.3 is 18.2 Å². The summed E-state index contributed by atoms with van der Waals surface area (Å²) < 4.78 is 82.3. The van der Waals surface area contributed by atoms with Gasteiger partial charge in [0.15, 0.2) is 0 Å². The van der Waals surface area contributed by atoms with E-state index >= 15 is 0 Å². The average molecular weight is 399 g/mol. The van der Waals surface area contributed by atoms with Crippen molar-refractivity contribution in [1.82, 2.24) is 0 Å². The summed E-state index contributed by atoms with van der Waals surface area (Å²) in [6, 6.07) is 0. The minimum atomic E-state index is -5.17. The van der Waals surface area contributed by atoms with Crippen LogP contribution in [0.15, 0.2) is 0 Å².